The molecule has 2 heterocycles. The number of carbonyl (C=O) groups is 1. The van der Waals surface area contributed by atoms with Crippen LogP contribution in [0.3, 0.4) is 0 Å². The van der Waals surface area contributed by atoms with E-state index in [-0.39, 0.29) is 36.8 Å². The molecule has 8 heteroatoms. The van der Waals surface area contributed by atoms with Crippen molar-refractivity contribution < 1.29 is 18.7 Å². The highest BCUT2D eigenvalue weighted by molar-refractivity contribution is 5.96. The molecule has 2 N–H and O–H groups in total. The number of benzene rings is 1. The second kappa shape index (κ2) is 7.01. The molecule has 3 rings (SSSR count). The lowest BCUT2D eigenvalue weighted by atomic mass is 9.84. The van der Waals surface area contributed by atoms with Crippen molar-refractivity contribution in [1.82, 2.24) is 10.2 Å². The van der Waals surface area contributed by atoms with Gasteiger partial charge in [-0.25, -0.2) is 0 Å². The zero-order chi connectivity index (χ0) is 17.5. The Morgan fingerprint density at radius 2 is 1.88 bits per heavy atom. The summed E-state index contributed by atoms with van der Waals surface area (Å²) >= 11 is 0. The van der Waals surface area contributed by atoms with Crippen molar-refractivity contribution in [2.45, 2.75) is 39.2 Å². The minimum atomic E-state index is -0.660. The summed E-state index contributed by atoms with van der Waals surface area (Å²) in [6.45, 7) is 7.83. The van der Waals surface area contributed by atoms with Gasteiger partial charge in [0.05, 0.1) is 11.5 Å². The fourth-order valence-corrected chi connectivity index (χ4v) is 2.43. The largest absolute Gasteiger partial charge is 0.454 e. The molecular formula is C17H22ClN3O4. The number of rotatable bonds is 5. The molecule has 0 aliphatic carbocycles. The van der Waals surface area contributed by atoms with Crippen molar-refractivity contribution in [3.8, 4) is 11.5 Å². The minimum Gasteiger partial charge on any atom is -0.454 e. The van der Waals surface area contributed by atoms with Gasteiger partial charge in [0.25, 0.3) is 5.89 Å². The second-order valence-electron chi connectivity index (χ2n) is 6.74. The summed E-state index contributed by atoms with van der Waals surface area (Å²) in [4.78, 5) is 12.3. The Bertz CT molecular complexity index is 773. The molecule has 0 saturated heterocycles. The predicted octanol–water partition coefficient (Wildman–Crippen LogP) is 2.71. The van der Waals surface area contributed by atoms with Gasteiger partial charge < -0.3 is 19.6 Å². The number of Topliss-reactive ketones (excluding diaryl/α,β-unsaturated/α-hetero) is 1. The highest BCUT2D eigenvalue weighted by Crippen LogP contribution is 2.38. The van der Waals surface area contributed by atoms with Crippen molar-refractivity contribution in [2.75, 3.05) is 6.79 Å². The van der Waals surface area contributed by atoms with Crippen molar-refractivity contribution in [2.24, 2.45) is 11.7 Å². The summed E-state index contributed by atoms with van der Waals surface area (Å²) in [5, 5.41) is 7.94. The van der Waals surface area contributed by atoms with E-state index in [0.29, 0.717) is 17.4 Å². The van der Waals surface area contributed by atoms with Gasteiger partial charge in [0.15, 0.2) is 11.5 Å². The quantitative estimate of drug-likeness (QED) is 0.810. The summed E-state index contributed by atoms with van der Waals surface area (Å²) in [6.07, 6.45) is 0. The average molecular weight is 368 g/mol. The number of hydrogen-bond acceptors (Lipinski definition) is 7. The van der Waals surface area contributed by atoms with E-state index in [1.54, 1.807) is 0 Å². The Balaban J connectivity index is 0.00000225. The first kappa shape index (κ1) is 19.2. The molecule has 1 aromatic heterocycles. The fraction of sp³-hybridized carbons (Fsp3) is 0.471. The van der Waals surface area contributed by atoms with Crippen LogP contribution in [0.5, 0.6) is 11.5 Å². The molecular weight excluding hydrogens is 346 g/mol. The lowest BCUT2D eigenvalue weighted by Gasteiger charge is -2.21. The Morgan fingerprint density at radius 1 is 1.20 bits per heavy atom. The summed E-state index contributed by atoms with van der Waals surface area (Å²) in [7, 11) is 0. The van der Waals surface area contributed by atoms with Crippen LogP contribution in [0, 0.1) is 5.92 Å². The van der Waals surface area contributed by atoms with Crippen LogP contribution in [0.4, 0.5) is 0 Å². The van der Waals surface area contributed by atoms with Gasteiger partial charge in [0, 0.05) is 0 Å². The lowest BCUT2D eigenvalue weighted by Crippen LogP contribution is -2.35. The van der Waals surface area contributed by atoms with Crippen LogP contribution < -0.4 is 15.2 Å². The molecule has 1 aliphatic heterocycles. The smallest absolute Gasteiger partial charge is 0.285 e. The molecule has 136 valence electrons. The van der Waals surface area contributed by atoms with Crippen LogP contribution in [0.15, 0.2) is 22.6 Å². The van der Waals surface area contributed by atoms with E-state index in [1.807, 2.05) is 45.9 Å². The van der Waals surface area contributed by atoms with Crippen molar-refractivity contribution in [3.63, 3.8) is 0 Å². The van der Waals surface area contributed by atoms with Crippen LogP contribution in [-0.2, 0) is 5.41 Å². The highest BCUT2D eigenvalue weighted by Gasteiger charge is 2.33. The molecule has 0 bridgehead atoms. The Morgan fingerprint density at radius 3 is 2.56 bits per heavy atom. The van der Waals surface area contributed by atoms with Crippen molar-refractivity contribution >= 4 is 18.2 Å². The SMILES string of the molecule is CC(C)C(N)C(=O)c1nnc(C(C)(C)c2ccc3c(c2)OCO3)o1.Cl. The molecule has 7 nitrogen and oxygen atoms in total. The number of aromatic nitrogens is 2. The van der Waals surface area contributed by atoms with Crippen LogP contribution in [0.25, 0.3) is 0 Å². The molecule has 2 aromatic rings. The fourth-order valence-electron chi connectivity index (χ4n) is 2.43. The molecule has 1 atom stereocenters. The summed E-state index contributed by atoms with van der Waals surface area (Å²) in [6, 6.07) is 4.98. The van der Waals surface area contributed by atoms with Crippen LogP contribution >= 0.6 is 12.4 Å². The molecule has 0 spiro atoms. The number of ether oxygens (including phenoxy) is 2. The molecule has 1 unspecified atom stereocenters. The third-order valence-electron chi connectivity index (χ3n) is 4.29. The Hall–Kier alpha value is -2.12. The van der Waals surface area contributed by atoms with Gasteiger partial charge >= 0.3 is 0 Å². The zero-order valence-electron chi connectivity index (χ0n) is 14.6. The number of nitrogens with two attached hydrogens (primary N) is 1. The van der Waals surface area contributed by atoms with Gasteiger partial charge in [-0.1, -0.05) is 19.9 Å². The Labute approximate surface area is 152 Å². The van der Waals surface area contributed by atoms with Gasteiger partial charge in [-0.3, -0.25) is 4.79 Å². The lowest BCUT2D eigenvalue weighted by molar-refractivity contribution is 0.0902. The average Bonchev–Trinajstić information content (AvgIpc) is 3.21. The van der Waals surface area contributed by atoms with Gasteiger partial charge in [0.2, 0.25) is 18.5 Å². The maximum atomic E-state index is 12.3. The monoisotopic (exact) mass is 367 g/mol. The van der Waals surface area contributed by atoms with E-state index < -0.39 is 11.5 Å². The normalized spacial score (nSPS) is 14.3. The molecule has 0 saturated carbocycles. The second-order valence-corrected chi connectivity index (χ2v) is 6.74. The number of fused-ring (bicyclic) bond motifs is 1. The van der Waals surface area contributed by atoms with Crippen molar-refractivity contribution in [3.05, 3.63) is 35.5 Å². The topological polar surface area (TPSA) is 100 Å². The number of ketones is 1. The molecule has 0 radical (unpaired) electrons. The van der Waals surface area contributed by atoms with Crippen LogP contribution in [0.1, 0.15) is 49.8 Å². The van der Waals surface area contributed by atoms with E-state index >= 15 is 0 Å². The van der Waals surface area contributed by atoms with Gasteiger partial charge in [-0.15, -0.1) is 22.6 Å². The van der Waals surface area contributed by atoms with Gasteiger partial charge in [-0.2, -0.15) is 0 Å². The van der Waals surface area contributed by atoms with E-state index in [1.165, 1.54) is 0 Å². The van der Waals surface area contributed by atoms with E-state index in [2.05, 4.69) is 10.2 Å². The maximum Gasteiger partial charge on any atom is 0.285 e. The van der Waals surface area contributed by atoms with E-state index in [0.717, 1.165) is 5.56 Å². The maximum absolute atomic E-state index is 12.3. The third kappa shape index (κ3) is 3.48. The first-order valence-electron chi connectivity index (χ1n) is 7.84. The molecule has 0 amide bonds. The molecule has 1 aliphatic rings. The number of hydrogen-bond donors (Lipinski definition) is 1. The molecule has 1 aromatic carbocycles. The third-order valence-corrected chi connectivity index (χ3v) is 4.29. The predicted molar refractivity (Wildman–Crippen MR) is 93.4 cm³/mol. The first-order valence-corrected chi connectivity index (χ1v) is 7.84. The molecule has 0 fully saturated rings. The van der Waals surface area contributed by atoms with Crippen LogP contribution in [-0.4, -0.2) is 28.8 Å². The summed E-state index contributed by atoms with van der Waals surface area (Å²) in [5.74, 6) is 1.33. The Kier molecular flexibility index (Phi) is 5.39. The van der Waals surface area contributed by atoms with Crippen LogP contribution in [0.2, 0.25) is 0 Å². The standard InChI is InChI=1S/C17H21N3O4.ClH/c1-9(2)13(18)14(21)15-19-20-16(24-15)17(3,4)10-5-6-11-12(7-10)23-8-22-11;/h5-7,9,13H,8,18H2,1-4H3;1H. The van der Waals surface area contributed by atoms with E-state index in [4.69, 9.17) is 19.6 Å². The number of halogens is 1. The van der Waals surface area contributed by atoms with Gasteiger partial charge in [0.1, 0.15) is 0 Å². The number of carbonyl (C=O) groups excluding carboxylic acids is 1. The van der Waals surface area contributed by atoms with Crippen molar-refractivity contribution in [1.29, 1.82) is 0 Å². The first-order chi connectivity index (χ1) is 11.3. The van der Waals surface area contributed by atoms with Gasteiger partial charge in [-0.05, 0) is 37.5 Å². The minimum absolute atomic E-state index is 0. The zero-order valence-corrected chi connectivity index (χ0v) is 15.4. The highest BCUT2D eigenvalue weighted by atomic mass is 35.5. The number of nitrogens with zero attached hydrogens (tertiary/aromatic N) is 2. The van der Waals surface area contributed by atoms with E-state index in [9.17, 15) is 4.79 Å². The molecule has 25 heavy (non-hydrogen) atoms. The summed E-state index contributed by atoms with van der Waals surface area (Å²) < 4.78 is 16.4. The summed E-state index contributed by atoms with van der Waals surface area (Å²) in [5.41, 5.74) is 6.21.